The summed E-state index contributed by atoms with van der Waals surface area (Å²) in [6.45, 7) is 5.92. The van der Waals surface area contributed by atoms with Crippen molar-refractivity contribution in [2.45, 2.75) is 26.2 Å². The minimum absolute atomic E-state index is 0.117. The molecule has 0 aliphatic carbocycles. The van der Waals surface area contributed by atoms with E-state index in [0.29, 0.717) is 5.92 Å². The van der Waals surface area contributed by atoms with E-state index in [1.54, 1.807) is 0 Å². The van der Waals surface area contributed by atoms with E-state index < -0.39 is 5.97 Å². The number of carboxylic acid groups (broad SMARTS) is 1. The standard InChI is InChI=1S/C14H20BrNO2/c1-3-7-16(10-14(17)18)9-11(2)12-5-4-6-13(15)8-12/h4-6,8,11H,3,7,9-10H2,1-2H3,(H,17,18). The second-order valence-electron chi connectivity index (χ2n) is 4.58. The number of hydrogen-bond donors (Lipinski definition) is 1. The molecule has 1 atom stereocenters. The van der Waals surface area contributed by atoms with Gasteiger partial charge in [0.2, 0.25) is 0 Å². The number of halogens is 1. The van der Waals surface area contributed by atoms with E-state index in [1.807, 2.05) is 17.0 Å². The molecule has 18 heavy (non-hydrogen) atoms. The highest BCUT2D eigenvalue weighted by molar-refractivity contribution is 9.10. The predicted molar refractivity (Wildman–Crippen MR) is 76.9 cm³/mol. The lowest BCUT2D eigenvalue weighted by Crippen LogP contribution is -2.33. The lowest BCUT2D eigenvalue weighted by Gasteiger charge is -2.23. The summed E-state index contributed by atoms with van der Waals surface area (Å²) >= 11 is 3.46. The highest BCUT2D eigenvalue weighted by Crippen LogP contribution is 2.20. The van der Waals surface area contributed by atoms with Crippen LogP contribution < -0.4 is 0 Å². The van der Waals surface area contributed by atoms with E-state index in [0.717, 1.165) is 24.0 Å². The average Bonchev–Trinajstić information content (AvgIpc) is 2.28. The fraction of sp³-hybridized carbons (Fsp3) is 0.500. The van der Waals surface area contributed by atoms with Crippen molar-refractivity contribution < 1.29 is 9.90 Å². The first kappa shape index (κ1) is 15.2. The lowest BCUT2D eigenvalue weighted by atomic mass is 10.0. The summed E-state index contributed by atoms with van der Waals surface area (Å²) in [5.74, 6) is -0.432. The summed E-state index contributed by atoms with van der Waals surface area (Å²) in [5.41, 5.74) is 1.23. The molecule has 0 heterocycles. The largest absolute Gasteiger partial charge is 0.480 e. The molecule has 1 aromatic carbocycles. The van der Waals surface area contributed by atoms with Gasteiger partial charge in [-0.25, -0.2) is 0 Å². The van der Waals surface area contributed by atoms with Crippen molar-refractivity contribution in [3.8, 4) is 0 Å². The molecular weight excluding hydrogens is 294 g/mol. The fourth-order valence-corrected chi connectivity index (χ4v) is 2.47. The van der Waals surface area contributed by atoms with Crippen LogP contribution in [0.25, 0.3) is 0 Å². The molecule has 0 aliphatic heterocycles. The maximum atomic E-state index is 10.8. The normalized spacial score (nSPS) is 12.7. The summed E-state index contributed by atoms with van der Waals surface area (Å²) in [6.07, 6.45) is 0.971. The first-order valence-electron chi connectivity index (χ1n) is 6.22. The average molecular weight is 314 g/mol. The van der Waals surface area contributed by atoms with E-state index in [-0.39, 0.29) is 6.54 Å². The van der Waals surface area contributed by atoms with Crippen LogP contribution in [0.3, 0.4) is 0 Å². The molecule has 0 aromatic heterocycles. The quantitative estimate of drug-likeness (QED) is 0.839. The molecule has 1 rings (SSSR count). The topological polar surface area (TPSA) is 40.5 Å². The Kier molecular flexibility index (Phi) is 6.36. The van der Waals surface area contributed by atoms with Gasteiger partial charge in [-0.15, -0.1) is 0 Å². The van der Waals surface area contributed by atoms with Gasteiger partial charge in [0.1, 0.15) is 0 Å². The summed E-state index contributed by atoms with van der Waals surface area (Å²) in [7, 11) is 0. The predicted octanol–water partition coefficient (Wildman–Crippen LogP) is 3.35. The zero-order chi connectivity index (χ0) is 13.5. The molecule has 0 bridgehead atoms. The van der Waals surface area contributed by atoms with Crippen LogP contribution in [0.5, 0.6) is 0 Å². The molecule has 0 radical (unpaired) electrons. The zero-order valence-electron chi connectivity index (χ0n) is 10.9. The first-order valence-corrected chi connectivity index (χ1v) is 7.01. The third-order valence-electron chi connectivity index (χ3n) is 2.85. The van der Waals surface area contributed by atoms with E-state index >= 15 is 0 Å². The summed E-state index contributed by atoms with van der Waals surface area (Å²) in [6, 6.07) is 8.18. The molecule has 0 spiro atoms. The van der Waals surface area contributed by atoms with E-state index in [9.17, 15) is 4.79 Å². The second-order valence-corrected chi connectivity index (χ2v) is 5.50. The van der Waals surface area contributed by atoms with Crippen molar-refractivity contribution in [3.05, 3.63) is 34.3 Å². The summed E-state index contributed by atoms with van der Waals surface area (Å²) in [5, 5.41) is 8.89. The summed E-state index contributed by atoms with van der Waals surface area (Å²) < 4.78 is 1.06. The third-order valence-corrected chi connectivity index (χ3v) is 3.34. The van der Waals surface area contributed by atoms with Gasteiger partial charge >= 0.3 is 5.97 Å². The van der Waals surface area contributed by atoms with Crippen molar-refractivity contribution >= 4 is 21.9 Å². The first-order chi connectivity index (χ1) is 8.52. The van der Waals surface area contributed by atoms with Gasteiger partial charge in [-0.2, -0.15) is 0 Å². The van der Waals surface area contributed by atoms with Crippen LogP contribution in [0.15, 0.2) is 28.7 Å². The molecule has 3 nitrogen and oxygen atoms in total. The van der Waals surface area contributed by atoms with Crippen molar-refractivity contribution in [2.24, 2.45) is 0 Å². The van der Waals surface area contributed by atoms with Crippen molar-refractivity contribution in [1.82, 2.24) is 4.90 Å². The number of nitrogens with zero attached hydrogens (tertiary/aromatic N) is 1. The number of hydrogen-bond acceptors (Lipinski definition) is 2. The third kappa shape index (κ3) is 5.19. The fourth-order valence-electron chi connectivity index (χ4n) is 2.05. The van der Waals surface area contributed by atoms with Gasteiger partial charge in [-0.1, -0.05) is 41.9 Å². The molecular formula is C14H20BrNO2. The number of benzene rings is 1. The zero-order valence-corrected chi connectivity index (χ0v) is 12.5. The Morgan fingerprint density at radius 1 is 1.50 bits per heavy atom. The number of carbonyl (C=O) groups is 1. The van der Waals surface area contributed by atoms with Crippen molar-refractivity contribution in [2.75, 3.05) is 19.6 Å². The minimum atomic E-state index is -0.759. The van der Waals surface area contributed by atoms with Gasteiger partial charge in [0.15, 0.2) is 0 Å². The Morgan fingerprint density at radius 2 is 2.22 bits per heavy atom. The van der Waals surface area contributed by atoms with Crippen LogP contribution >= 0.6 is 15.9 Å². The molecule has 1 unspecified atom stereocenters. The SMILES string of the molecule is CCCN(CC(=O)O)CC(C)c1cccc(Br)c1. The van der Waals surface area contributed by atoms with Crippen LogP contribution in [-0.2, 0) is 4.79 Å². The minimum Gasteiger partial charge on any atom is -0.480 e. The van der Waals surface area contributed by atoms with Gasteiger partial charge in [0, 0.05) is 11.0 Å². The number of rotatable bonds is 7. The van der Waals surface area contributed by atoms with Crippen LogP contribution in [0, 0.1) is 0 Å². The van der Waals surface area contributed by atoms with Crippen LogP contribution in [-0.4, -0.2) is 35.6 Å². The molecule has 1 N–H and O–H groups in total. The highest BCUT2D eigenvalue weighted by Gasteiger charge is 2.14. The van der Waals surface area contributed by atoms with Gasteiger partial charge in [0.25, 0.3) is 0 Å². The number of carboxylic acids is 1. The maximum absolute atomic E-state index is 10.8. The van der Waals surface area contributed by atoms with Crippen LogP contribution in [0.1, 0.15) is 31.7 Å². The Hall–Kier alpha value is -0.870. The molecule has 4 heteroatoms. The molecule has 0 aliphatic rings. The van der Waals surface area contributed by atoms with Crippen molar-refractivity contribution in [3.63, 3.8) is 0 Å². The van der Waals surface area contributed by atoms with Gasteiger partial charge in [-0.05, 0) is 36.6 Å². The molecule has 100 valence electrons. The molecule has 1 aromatic rings. The lowest BCUT2D eigenvalue weighted by molar-refractivity contribution is -0.138. The van der Waals surface area contributed by atoms with Gasteiger partial charge < -0.3 is 5.11 Å². The number of aliphatic carboxylic acids is 1. The Bertz CT molecular complexity index is 395. The smallest absolute Gasteiger partial charge is 0.317 e. The molecule has 0 amide bonds. The summed E-state index contributed by atoms with van der Waals surface area (Å²) in [4.78, 5) is 12.8. The molecule has 0 fully saturated rings. The van der Waals surface area contributed by atoms with Gasteiger partial charge in [-0.3, -0.25) is 9.69 Å². The maximum Gasteiger partial charge on any atom is 0.317 e. The Balaban J connectivity index is 2.65. The van der Waals surface area contributed by atoms with Gasteiger partial charge in [0.05, 0.1) is 6.54 Å². The Labute approximate surface area is 117 Å². The van der Waals surface area contributed by atoms with Crippen LogP contribution in [0.4, 0.5) is 0 Å². The molecule has 0 saturated carbocycles. The van der Waals surface area contributed by atoms with E-state index in [2.05, 4.69) is 41.9 Å². The van der Waals surface area contributed by atoms with E-state index in [4.69, 9.17) is 5.11 Å². The van der Waals surface area contributed by atoms with E-state index in [1.165, 1.54) is 5.56 Å². The van der Waals surface area contributed by atoms with Crippen LogP contribution in [0.2, 0.25) is 0 Å². The monoisotopic (exact) mass is 313 g/mol. The Morgan fingerprint density at radius 3 is 2.78 bits per heavy atom. The second kappa shape index (κ2) is 7.54. The molecule has 0 saturated heterocycles. The highest BCUT2D eigenvalue weighted by atomic mass is 79.9. The van der Waals surface area contributed by atoms with Crippen molar-refractivity contribution in [1.29, 1.82) is 0 Å².